The first kappa shape index (κ1) is 17.0. The standard InChI is InChI=1S/C16H29N5O/c1-19(2)15-7-6-14(12-20(3)13-15)16(22)17-8-4-10-21-11-5-9-18-21/h5,9,11,14-15H,4,6-8,10,12-13H2,1-3H3,(H,17,22)/t14-,15+/m1/s1. The number of aromatic nitrogens is 2. The second-order valence-corrected chi connectivity index (χ2v) is 6.53. The van der Waals surface area contributed by atoms with Gasteiger partial charge in [-0.3, -0.25) is 9.48 Å². The summed E-state index contributed by atoms with van der Waals surface area (Å²) in [7, 11) is 6.35. The summed E-state index contributed by atoms with van der Waals surface area (Å²) in [5.74, 6) is 0.311. The van der Waals surface area contributed by atoms with Crippen LogP contribution in [0.2, 0.25) is 0 Å². The normalized spacial score (nSPS) is 23.5. The van der Waals surface area contributed by atoms with Crippen LogP contribution in [0.15, 0.2) is 18.5 Å². The summed E-state index contributed by atoms with van der Waals surface area (Å²) in [5, 5.41) is 7.25. The summed E-state index contributed by atoms with van der Waals surface area (Å²) in [4.78, 5) is 16.9. The van der Waals surface area contributed by atoms with Gasteiger partial charge in [-0.05, 0) is 46.5 Å². The smallest absolute Gasteiger partial charge is 0.224 e. The zero-order chi connectivity index (χ0) is 15.9. The number of aryl methyl sites for hydroxylation is 1. The van der Waals surface area contributed by atoms with Crippen molar-refractivity contribution < 1.29 is 4.79 Å². The van der Waals surface area contributed by atoms with E-state index in [0.717, 1.165) is 45.4 Å². The number of amides is 1. The van der Waals surface area contributed by atoms with Crippen LogP contribution in [0.1, 0.15) is 19.3 Å². The fourth-order valence-corrected chi connectivity index (χ4v) is 3.05. The minimum absolute atomic E-state index is 0.111. The maximum absolute atomic E-state index is 12.4. The average Bonchev–Trinajstić information content (AvgIpc) is 2.91. The van der Waals surface area contributed by atoms with Gasteiger partial charge >= 0.3 is 0 Å². The lowest BCUT2D eigenvalue weighted by molar-refractivity contribution is -0.125. The molecule has 22 heavy (non-hydrogen) atoms. The first-order valence-electron chi connectivity index (χ1n) is 8.16. The number of rotatable bonds is 6. The van der Waals surface area contributed by atoms with Crippen LogP contribution in [0.3, 0.4) is 0 Å². The third kappa shape index (κ3) is 5.10. The molecule has 0 unspecified atom stereocenters. The molecule has 0 radical (unpaired) electrons. The quantitative estimate of drug-likeness (QED) is 0.785. The van der Waals surface area contributed by atoms with Crippen LogP contribution in [0.4, 0.5) is 0 Å². The highest BCUT2D eigenvalue weighted by molar-refractivity contribution is 5.78. The highest BCUT2D eigenvalue weighted by Crippen LogP contribution is 2.18. The number of likely N-dealkylation sites (tertiary alicyclic amines) is 1. The highest BCUT2D eigenvalue weighted by Gasteiger charge is 2.27. The summed E-state index contributed by atoms with van der Waals surface area (Å²) in [6.45, 7) is 3.46. The molecule has 1 fully saturated rings. The molecule has 0 spiro atoms. The molecule has 2 rings (SSSR count). The molecule has 0 bridgehead atoms. The Kier molecular flexibility index (Phi) is 6.39. The molecule has 2 heterocycles. The van der Waals surface area contributed by atoms with E-state index in [9.17, 15) is 4.79 Å². The fourth-order valence-electron chi connectivity index (χ4n) is 3.05. The number of nitrogens with one attached hydrogen (secondary N) is 1. The minimum atomic E-state index is 0.111. The molecule has 1 aliphatic rings. The van der Waals surface area contributed by atoms with Crippen molar-refractivity contribution in [3.63, 3.8) is 0 Å². The molecule has 1 aromatic heterocycles. The van der Waals surface area contributed by atoms with Crippen molar-refractivity contribution in [1.29, 1.82) is 0 Å². The monoisotopic (exact) mass is 307 g/mol. The predicted molar refractivity (Wildman–Crippen MR) is 87.5 cm³/mol. The second-order valence-electron chi connectivity index (χ2n) is 6.53. The molecule has 2 atom stereocenters. The lowest BCUT2D eigenvalue weighted by atomic mass is 10.0. The Labute approximate surface area is 133 Å². The van der Waals surface area contributed by atoms with Gasteiger partial charge in [0.25, 0.3) is 0 Å². The molecule has 0 aliphatic carbocycles. The molecular formula is C16H29N5O. The fraction of sp³-hybridized carbons (Fsp3) is 0.750. The largest absolute Gasteiger partial charge is 0.356 e. The minimum Gasteiger partial charge on any atom is -0.356 e. The van der Waals surface area contributed by atoms with E-state index in [1.54, 1.807) is 6.20 Å². The van der Waals surface area contributed by atoms with E-state index in [1.165, 1.54) is 0 Å². The first-order valence-corrected chi connectivity index (χ1v) is 8.16. The number of hydrogen-bond acceptors (Lipinski definition) is 4. The van der Waals surface area contributed by atoms with Gasteiger partial charge in [0, 0.05) is 44.6 Å². The van der Waals surface area contributed by atoms with E-state index >= 15 is 0 Å². The zero-order valence-corrected chi connectivity index (χ0v) is 14.0. The molecule has 6 heteroatoms. The van der Waals surface area contributed by atoms with Crippen molar-refractivity contribution in [3.8, 4) is 0 Å². The van der Waals surface area contributed by atoms with Crippen molar-refractivity contribution in [2.75, 3.05) is 40.8 Å². The van der Waals surface area contributed by atoms with Gasteiger partial charge in [-0.15, -0.1) is 0 Å². The molecule has 124 valence electrons. The van der Waals surface area contributed by atoms with Crippen LogP contribution < -0.4 is 5.32 Å². The summed E-state index contributed by atoms with van der Waals surface area (Å²) in [6, 6.07) is 2.46. The predicted octanol–water partition coefficient (Wildman–Crippen LogP) is 0.661. The number of carbonyl (C=O) groups is 1. The molecule has 0 aromatic carbocycles. The topological polar surface area (TPSA) is 53.4 Å². The van der Waals surface area contributed by atoms with Crippen molar-refractivity contribution in [2.24, 2.45) is 5.92 Å². The van der Waals surface area contributed by atoms with Crippen molar-refractivity contribution in [2.45, 2.75) is 31.8 Å². The van der Waals surface area contributed by atoms with E-state index in [1.807, 2.05) is 16.9 Å². The maximum atomic E-state index is 12.4. The SMILES string of the molecule is CN1C[C@H](C(=O)NCCCn2cccn2)CC[C@H](N(C)C)C1. The molecule has 1 saturated heterocycles. The third-order valence-corrected chi connectivity index (χ3v) is 4.43. The zero-order valence-electron chi connectivity index (χ0n) is 14.0. The summed E-state index contributed by atoms with van der Waals surface area (Å²) in [5.41, 5.74) is 0. The van der Waals surface area contributed by atoms with E-state index in [-0.39, 0.29) is 11.8 Å². The average molecular weight is 307 g/mol. The van der Waals surface area contributed by atoms with Gasteiger partial charge in [0.15, 0.2) is 0 Å². The van der Waals surface area contributed by atoms with Crippen LogP contribution >= 0.6 is 0 Å². The Morgan fingerprint density at radius 1 is 1.36 bits per heavy atom. The Morgan fingerprint density at radius 3 is 2.86 bits per heavy atom. The van der Waals surface area contributed by atoms with Gasteiger partial charge in [-0.25, -0.2) is 0 Å². The maximum Gasteiger partial charge on any atom is 0.224 e. The van der Waals surface area contributed by atoms with E-state index < -0.39 is 0 Å². The lowest BCUT2D eigenvalue weighted by Gasteiger charge is -2.25. The molecule has 1 aliphatic heterocycles. The molecule has 1 N–H and O–H groups in total. The molecular weight excluding hydrogens is 278 g/mol. The van der Waals surface area contributed by atoms with E-state index in [2.05, 4.69) is 41.4 Å². The third-order valence-electron chi connectivity index (χ3n) is 4.43. The molecule has 1 aromatic rings. The first-order chi connectivity index (χ1) is 10.6. The molecule has 6 nitrogen and oxygen atoms in total. The summed E-state index contributed by atoms with van der Waals surface area (Å²) >= 11 is 0. The molecule has 0 saturated carbocycles. The highest BCUT2D eigenvalue weighted by atomic mass is 16.1. The van der Waals surface area contributed by atoms with E-state index in [4.69, 9.17) is 0 Å². The van der Waals surface area contributed by atoms with Crippen LogP contribution in [-0.4, -0.2) is 72.3 Å². The van der Waals surface area contributed by atoms with Crippen molar-refractivity contribution in [1.82, 2.24) is 24.9 Å². The summed E-state index contributed by atoms with van der Waals surface area (Å²) < 4.78 is 1.90. The van der Waals surface area contributed by atoms with Crippen LogP contribution in [-0.2, 0) is 11.3 Å². The van der Waals surface area contributed by atoms with Gasteiger partial charge in [0.2, 0.25) is 5.91 Å². The number of hydrogen-bond donors (Lipinski definition) is 1. The Hall–Kier alpha value is -1.40. The second kappa shape index (κ2) is 8.29. The van der Waals surface area contributed by atoms with E-state index in [0.29, 0.717) is 6.04 Å². The Morgan fingerprint density at radius 2 is 2.18 bits per heavy atom. The van der Waals surface area contributed by atoms with Crippen LogP contribution in [0.5, 0.6) is 0 Å². The number of likely N-dealkylation sites (N-methyl/N-ethyl adjacent to an activating group) is 2. The van der Waals surface area contributed by atoms with Crippen LogP contribution in [0, 0.1) is 5.92 Å². The van der Waals surface area contributed by atoms with Gasteiger partial charge in [0.1, 0.15) is 0 Å². The molecule has 1 amide bonds. The van der Waals surface area contributed by atoms with Gasteiger partial charge in [-0.2, -0.15) is 5.10 Å². The van der Waals surface area contributed by atoms with Crippen LogP contribution in [0.25, 0.3) is 0 Å². The van der Waals surface area contributed by atoms with Gasteiger partial charge in [0.05, 0.1) is 5.92 Å². The number of carbonyl (C=O) groups excluding carboxylic acids is 1. The van der Waals surface area contributed by atoms with Gasteiger partial charge in [-0.1, -0.05) is 0 Å². The van der Waals surface area contributed by atoms with Crippen molar-refractivity contribution >= 4 is 5.91 Å². The Bertz CT molecular complexity index is 445. The number of nitrogens with zero attached hydrogens (tertiary/aromatic N) is 4. The summed E-state index contributed by atoms with van der Waals surface area (Å²) in [6.07, 6.45) is 6.70. The lowest BCUT2D eigenvalue weighted by Crippen LogP contribution is -2.39. The van der Waals surface area contributed by atoms with Crippen molar-refractivity contribution in [3.05, 3.63) is 18.5 Å². The Balaban J connectivity index is 1.72. The van der Waals surface area contributed by atoms with Gasteiger partial charge < -0.3 is 15.1 Å².